The van der Waals surface area contributed by atoms with E-state index in [1.54, 1.807) is 0 Å². The molecule has 2 aliphatic rings. The Morgan fingerprint density at radius 1 is 0.290 bits per heavy atom. The van der Waals surface area contributed by atoms with Crippen LogP contribution < -0.4 is 0 Å². The van der Waals surface area contributed by atoms with Crippen molar-refractivity contribution < 1.29 is 4.42 Å². The molecule has 9 aromatic carbocycles. The molecule has 0 atom stereocenters. The third-order valence-electron chi connectivity index (χ3n) is 13.0. The van der Waals surface area contributed by atoms with Gasteiger partial charge in [-0.2, -0.15) is 0 Å². The molecule has 0 aliphatic heterocycles. The fourth-order valence-electron chi connectivity index (χ4n) is 10.4. The van der Waals surface area contributed by atoms with E-state index in [0.29, 0.717) is 17.5 Å². The predicted octanol–water partition coefficient (Wildman–Crippen LogP) is 14.4. The smallest absolute Gasteiger partial charge is 0.164 e. The van der Waals surface area contributed by atoms with Crippen LogP contribution in [0.25, 0.3) is 101 Å². The first-order valence-electron chi connectivity index (χ1n) is 21.1. The summed E-state index contributed by atoms with van der Waals surface area (Å²) in [7, 11) is 0. The minimum atomic E-state index is -0.404. The quantitative estimate of drug-likeness (QED) is 0.174. The second-order valence-electron chi connectivity index (χ2n) is 16.2. The van der Waals surface area contributed by atoms with E-state index in [4.69, 9.17) is 19.4 Å². The average molecular weight is 790 g/mol. The van der Waals surface area contributed by atoms with E-state index in [1.165, 1.54) is 50.1 Å². The minimum Gasteiger partial charge on any atom is -0.456 e. The molecule has 0 N–H and O–H groups in total. The molecule has 0 radical (unpaired) electrons. The summed E-state index contributed by atoms with van der Waals surface area (Å²) in [4.78, 5) is 15.6. The lowest BCUT2D eigenvalue weighted by Gasteiger charge is -2.30. The summed E-state index contributed by atoms with van der Waals surface area (Å²) in [5.74, 6) is 1.82. The van der Waals surface area contributed by atoms with Crippen molar-refractivity contribution >= 4 is 21.9 Å². The normalized spacial score (nSPS) is 13.0. The van der Waals surface area contributed by atoms with Gasteiger partial charge < -0.3 is 4.42 Å². The van der Waals surface area contributed by atoms with Crippen LogP contribution in [0.4, 0.5) is 0 Å². The Kier molecular flexibility index (Phi) is 7.49. The standard InChI is InChI=1S/C58H35N3O/c1-2-16-36(17-3-1)55-59-56(61-57(60-55)47-26-15-31-53-54(47)46-25-9-13-30-52(46)62-53)45-24-5-4-20-40(45)39-19-14-18-37(34-39)38-32-33-44-43-23-8-12-29-50(43)58(51(44)35-38)48-27-10-6-21-41(48)42-22-7-11-28-49(42)58/h1-35H. The summed E-state index contributed by atoms with van der Waals surface area (Å²) in [5.41, 5.74) is 19.0. The molecule has 2 heterocycles. The van der Waals surface area contributed by atoms with Gasteiger partial charge in [0.15, 0.2) is 17.5 Å². The molecule has 288 valence electrons. The summed E-state index contributed by atoms with van der Waals surface area (Å²) in [6.45, 7) is 0. The molecular weight excluding hydrogens is 755 g/mol. The lowest BCUT2D eigenvalue weighted by molar-refractivity contribution is 0.669. The average Bonchev–Trinajstić information content (AvgIpc) is 3.98. The topological polar surface area (TPSA) is 51.8 Å². The number of benzene rings is 9. The molecule has 4 heteroatoms. The van der Waals surface area contributed by atoms with E-state index in [9.17, 15) is 0 Å². The number of para-hydroxylation sites is 1. The van der Waals surface area contributed by atoms with Crippen LogP contribution >= 0.6 is 0 Å². The Balaban J connectivity index is 0.971. The molecule has 0 fully saturated rings. The van der Waals surface area contributed by atoms with Crippen molar-refractivity contribution in [2.75, 3.05) is 0 Å². The maximum atomic E-state index is 6.30. The lowest BCUT2D eigenvalue weighted by Crippen LogP contribution is -2.25. The van der Waals surface area contributed by atoms with Crippen molar-refractivity contribution in [1.82, 2.24) is 15.0 Å². The Bertz CT molecular complexity index is 3540. The van der Waals surface area contributed by atoms with Crippen LogP contribution in [0.2, 0.25) is 0 Å². The van der Waals surface area contributed by atoms with Crippen LogP contribution in [-0.4, -0.2) is 15.0 Å². The first-order chi connectivity index (χ1) is 30.7. The molecule has 0 saturated heterocycles. The highest BCUT2D eigenvalue weighted by molar-refractivity contribution is 6.11. The number of hydrogen-bond acceptors (Lipinski definition) is 4. The summed E-state index contributed by atoms with van der Waals surface area (Å²) in [6.07, 6.45) is 0. The highest BCUT2D eigenvalue weighted by Crippen LogP contribution is 2.63. The molecule has 62 heavy (non-hydrogen) atoms. The molecule has 0 bridgehead atoms. The van der Waals surface area contributed by atoms with Gasteiger partial charge in [-0.1, -0.05) is 188 Å². The van der Waals surface area contributed by atoms with Gasteiger partial charge in [0.05, 0.1) is 5.41 Å². The second-order valence-corrected chi connectivity index (χ2v) is 16.2. The van der Waals surface area contributed by atoms with Crippen LogP contribution in [0.15, 0.2) is 217 Å². The van der Waals surface area contributed by atoms with Crippen molar-refractivity contribution in [3.8, 4) is 78.7 Å². The molecule has 2 aliphatic carbocycles. The van der Waals surface area contributed by atoms with Gasteiger partial charge in [0.2, 0.25) is 0 Å². The predicted molar refractivity (Wildman–Crippen MR) is 251 cm³/mol. The summed E-state index contributed by atoms with van der Waals surface area (Å²) in [5, 5.41) is 2.02. The largest absolute Gasteiger partial charge is 0.456 e. The molecule has 1 spiro atoms. The van der Waals surface area contributed by atoms with Gasteiger partial charge in [0.1, 0.15) is 11.2 Å². The maximum Gasteiger partial charge on any atom is 0.164 e. The van der Waals surface area contributed by atoms with Gasteiger partial charge >= 0.3 is 0 Å². The van der Waals surface area contributed by atoms with E-state index in [0.717, 1.165) is 55.3 Å². The highest BCUT2D eigenvalue weighted by Gasteiger charge is 2.51. The van der Waals surface area contributed by atoms with Crippen molar-refractivity contribution in [3.05, 3.63) is 235 Å². The van der Waals surface area contributed by atoms with Gasteiger partial charge in [-0.3, -0.25) is 0 Å². The van der Waals surface area contributed by atoms with E-state index < -0.39 is 5.41 Å². The van der Waals surface area contributed by atoms with Crippen LogP contribution in [0.3, 0.4) is 0 Å². The third-order valence-corrected chi connectivity index (χ3v) is 13.0. The van der Waals surface area contributed by atoms with Crippen LogP contribution in [0.5, 0.6) is 0 Å². The first-order valence-corrected chi connectivity index (χ1v) is 21.1. The Morgan fingerprint density at radius 2 is 0.774 bits per heavy atom. The number of hydrogen-bond donors (Lipinski definition) is 0. The number of rotatable bonds is 5. The van der Waals surface area contributed by atoms with Crippen LogP contribution in [0.1, 0.15) is 22.3 Å². The zero-order chi connectivity index (χ0) is 40.8. The number of furan rings is 1. The monoisotopic (exact) mass is 789 g/mol. The summed E-state index contributed by atoms with van der Waals surface area (Å²) in [6, 6.07) is 75.7. The summed E-state index contributed by atoms with van der Waals surface area (Å²) < 4.78 is 6.30. The Morgan fingerprint density at radius 3 is 1.50 bits per heavy atom. The Labute approximate surface area is 358 Å². The fraction of sp³-hybridized carbons (Fsp3) is 0.0172. The first kappa shape index (κ1) is 34.6. The number of aromatic nitrogens is 3. The number of nitrogens with zero attached hydrogens (tertiary/aromatic N) is 3. The van der Waals surface area contributed by atoms with E-state index >= 15 is 0 Å². The van der Waals surface area contributed by atoms with Gasteiger partial charge in [-0.05, 0) is 91.0 Å². The lowest BCUT2D eigenvalue weighted by atomic mass is 9.70. The summed E-state index contributed by atoms with van der Waals surface area (Å²) >= 11 is 0. The van der Waals surface area contributed by atoms with Gasteiger partial charge in [-0.25, -0.2) is 15.0 Å². The molecule has 13 rings (SSSR count). The molecule has 0 amide bonds. The van der Waals surface area contributed by atoms with E-state index in [1.807, 2.05) is 60.7 Å². The van der Waals surface area contributed by atoms with Crippen molar-refractivity contribution in [2.24, 2.45) is 0 Å². The van der Waals surface area contributed by atoms with Gasteiger partial charge in [0, 0.05) is 27.5 Å². The zero-order valence-electron chi connectivity index (χ0n) is 33.5. The van der Waals surface area contributed by atoms with Gasteiger partial charge in [0.25, 0.3) is 0 Å². The molecular formula is C58H35N3O. The molecule has 4 nitrogen and oxygen atoms in total. The minimum absolute atomic E-state index is 0.404. The zero-order valence-corrected chi connectivity index (χ0v) is 33.5. The van der Waals surface area contributed by atoms with Crippen molar-refractivity contribution in [3.63, 3.8) is 0 Å². The molecule has 0 unspecified atom stereocenters. The fourth-order valence-corrected chi connectivity index (χ4v) is 10.4. The maximum absolute atomic E-state index is 6.30. The van der Waals surface area contributed by atoms with Crippen molar-refractivity contribution in [2.45, 2.75) is 5.41 Å². The van der Waals surface area contributed by atoms with Crippen LogP contribution in [-0.2, 0) is 5.41 Å². The third kappa shape index (κ3) is 4.98. The SMILES string of the molecule is c1ccc(-c2nc(-c3ccccc3-c3cccc(-c4ccc5c(c4)C4(c6ccccc6-c6ccccc64)c4ccccc4-5)c3)nc(-c3cccc4oc5ccccc5c34)n2)cc1. The Hall–Kier alpha value is -8.21. The highest BCUT2D eigenvalue weighted by atomic mass is 16.3. The van der Waals surface area contributed by atoms with Crippen LogP contribution in [0, 0.1) is 0 Å². The molecule has 11 aromatic rings. The van der Waals surface area contributed by atoms with Crippen molar-refractivity contribution in [1.29, 1.82) is 0 Å². The van der Waals surface area contributed by atoms with E-state index in [-0.39, 0.29) is 0 Å². The van der Waals surface area contributed by atoms with E-state index in [2.05, 4.69) is 152 Å². The molecule has 0 saturated carbocycles. The number of fused-ring (bicyclic) bond motifs is 13. The van der Waals surface area contributed by atoms with Gasteiger partial charge in [-0.15, -0.1) is 0 Å². The molecule has 2 aromatic heterocycles. The second kappa shape index (κ2) is 13.4.